The van der Waals surface area contributed by atoms with Crippen molar-refractivity contribution in [2.75, 3.05) is 85.8 Å². The van der Waals surface area contributed by atoms with E-state index in [4.69, 9.17) is 48.6 Å². The lowest BCUT2D eigenvalue weighted by Crippen LogP contribution is -2.32. The van der Waals surface area contributed by atoms with E-state index in [9.17, 15) is 14.4 Å². The highest BCUT2D eigenvalue weighted by molar-refractivity contribution is 5.99. The molecule has 6 rings (SSSR count). The van der Waals surface area contributed by atoms with Crippen molar-refractivity contribution >= 4 is 28.5 Å². The second-order valence-corrected chi connectivity index (χ2v) is 14.1. The lowest BCUT2D eigenvalue weighted by molar-refractivity contribution is -0.148. The molecule has 1 atom stereocenters. The fourth-order valence-electron chi connectivity index (χ4n) is 7.14. The van der Waals surface area contributed by atoms with Crippen LogP contribution in [0.15, 0.2) is 58.4 Å². The van der Waals surface area contributed by atoms with E-state index in [1.165, 1.54) is 0 Å². The molecule has 60 heavy (non-hydrogen) atoms. The topological polar surface area (TPSA) is 193 Å². The van der Waals surface area contributed by atoms with Gasteiger partial charge in [-0.15, -0.1) is 0 Å². The van der Waals surface area contributed by atoms with Gasteiger partial charge in [-0.2, -0.15) is 5.10 Å². The fourth-order valence-corrected chi connectivity index (χ4v) is 7.14. The first-order valence-electron chi connectivity index (χ1n) is 20.5. The van der Waals surface area contributed by atoms with Crippen LogP contribution in [0.25, 0.3) is 22.3 Å². The van der Waals surface area contributed by atoms with E-state index >= 15 is 0 Å². The minimum atomic E-state index is -0.470. The Bertz CT molecular complexity index is 2190. The number of nitrogens with one attached hydrogen (secondary N) is 1. The van der Waals surface area contributed by atoms with Gasteiger partial charge in [0.1, 0.15) is 24.7 Å². The molecular weight excluding hydrogens is 775 g/mol. The monoisotopic (exact) mass is 829 g/mol. The summed E-state index contributed by atoms with van der Waals surface area (Å²) in [6.45, 7) is 11.5. The van der Waals surface area contributed by atoms with Gasteiger partial charge in [-0.3, -0.25) is 14.4 Å². The minimum Gasteiger partial charge on any atom is -0.491 e. The normalized spacial score (nSPS) is 14.4. The lowest BCUT2D eigenvalue weighted by atomic mass is 9.90. The number of esters is 1. The molecule has 16 nitrogen and oxygen atoms in total. The van der Waals surface area contributed by atoms with Crippen LogP contribution in [0.5, 0.6) is 11.5 Å². The predicted octanol–water partition coefficient (Wildman–Crippen LogP) is 3.88. The van der Waals surface area contributed by atoms with E-state index in [0.29, 0.717) is 127 Å². The molecule has 2 aliphatic rings. The molecule has 2 aromatic heterocycles. The summed E-state index contributed by atoms with van der Waals surface area (Å²) in [5.41, 5.74) is 14.6. The van der Waals surface area contributed by atoms with Gasteiger partial charge in [-0.05, 0) is 67.3 Å². The molecule has 2 aliphatic heterocycles. The Balaban J connectivity index is 0.923. The Morgan fingerprint density at radius 2 is 1.52 bits per heavy atom. The first kappa shape index (κ1) is 44.3. The summed E-state index contributed by atoms with van der Waals surface area (Å²) in [7, 11) is 0. The third-order valence-corrected chi connectivity index (χ3v) is 10.2. The molecule has 0 fully saturated rings. The maximum atomic E-state index is 13.6. The summed E-state index contributed by atoms with van der Waals surface area (Å²) in [6, 6.07) is 14.9. The fraction of sp³-hybridized carbons (Fsp3) is 0.477. The first-order chi connectivity index (χ1) is 29.3. The van der Waals surface area contributed by atoms with E-state index in [0.717, 1.165) is 38.9 Å². The zero-order valence-corrected chi connectivity index (χ0v) is 34.6. The lowest BCUT2D eigenvalue weighted by Gasteiger charge is -2.24. The minimum absolute atomic E-state index is 0.0169. The molecule has 4 heterocycles. The zero-order chi connectivity index (χ0) is 42.3. The summed E-state index contributed by atoms with van der Waals surface area (Å²) in [4.78, 5) is 43.9. The number of fused-ring (bicyclic) bond motifs is 5. The zero-order valence-electron chi connectivity index (χ0n) is 34.6. The Kier molecular flexibility index (Phi) is 16.5. The second kappa shape index (κ2) is 22.4. The molecule has 4 aromatic rings. The quantitative estimate of drug-likeness (QED) is 0.0373. The Labute approximate surface area is 349 Å². The van der Waals surface area contributed by atoms with Crippen LogP contribution in [0.4, 0.5) is 0 Å². The van der Waals surface area contributed by atoms with E-state index < -0.39 is 11.8 Å². The van der Waals surface area contributed by atoms with Crippen LogP contribution in [-0.2, 0) is 57.6 Å². The molecule has 3 N–H and O–H groups in total. The van der Waals surface area contributed by atoms with Crippen LogP contribution in [0, 0.1) is 0 Å². The average molecular weight is 830 g/mol. The van der Waals surface area contributed by atoms with E-state index in [2.05, 4.69) is 17.5 Å². The predicted molar refractivity (Wildman–Crippen MR) is 224 cm³/mol. The largest absolute Gasteiger partial charge is 0.491 e. The molecule has 0 saturated heterocycles. The Hall–Kier alpha value is -5.23. The molecule has 0 aliphatic carbocycles. The number of nitrogens with two attached hydrogens (primary N) is 1. The average Bonchev–Trinajstić information content (AvgIpc) is 3.63. The number of hydrogen-bond donors (Lipinski definition) is 2. The van der Waals surface area contributed by atoms with Gasteiger partial charge in [0.2, 0.25) is 0 Å². The molecule has 0 radical (unpaired) electrons. The first-order valence-corrected chi connectivity index (χ1v) is 20.5. The van der Waals surface area contributed by atoms with Gasteiger partial charge in [-0.1, -0.05) is 26.0 Å². The van der Waals surface area contributed by atoms with E-state index in [-0.39, 0.29) is 24.7 Å². The summed E-state index contributed by atoms with van der Waals surface area (Å²) in [5, 5.41) is 5.16. The molecule has 1 amide bonds. The van der Waals surface area contributed by atoms with Crippen molar-refractivity contribution in [2.24, 2.45) is 10.8 Å². The van der Waals surface area contributed by atoms with Gasteiger partial charge >= 0.3 is 5.97 Å². The van der Waals surface area contributed by atoms with Gasteiger partial charge in [0.25, 0.3) is 11.5 Å². The van der Waals surface area contributed by atoms with Gasteiger partial charge in [0.05, 0.1) is 107 Å². The highest BCUT2D eigenvalue weighted by Crippen LogP contribution is 2.39. The Morgan fingerprint density at radius 3 is 2.18 bits per heavy atom. The molecule has 322 valence electrons. The summed E-state index contributed by atoms with van der Waals surface area (Å²) < 4.78 is 46.0. The third kappa shape index (κ3) is 11.3. The number of benzene rings is 2. The summed E-state index contributed by atoms with van der Waals surface area (Å²) in [5.74, 6) is -0.0401. The van der Waals surface area contributed by atoms with Crippen molar-refractivity contribution < 1.29 is 47.5 Å². The number of aromatic nitrogens is 2. The standard InChI is InChI=1S/C44H55N5O11/c1-4-33-36-24-32(9-10-39(36)46-42-37(33)26-49-40(42)25-35-34(5-2)44(52)60-27-38(35)43(49)51)59-28-41(50)48-47-29(3)30-7-6-8-31(23-30)58-22-21-57-20-19-56-18-17-55-16-15-54-14-13-53-12-11-45/h6-10,23-25,34H,4-5,11-22,26-28,45H2,1-3H3,(H,48,50)/b47-29+/t34-/m1/s1. The summed E-state index contributed by atoms with van der Waals surface area (Å²) >= 11 is 0. The highest BCUT2D eigenvalue weighted by Gasteiger charge is 2.34. The highest BCUT2D eigenvalue weighted by atomic mass is 16.6. The second-order valence-electron chi connectivity index (χ2n) is 14.1. The van der Waals surface area contributed by atoms with Crippen molar-refractivity contribution in [1.82, 2.24) is 15.0 Å². The SMILES string of the molecule is CCc1c2c(nc3ccc(OCC(=O)N/N=C(\C)c4cccc(OCCOCCOCCOCCOCCOCCN)c4)cc13)-c1cc3c(c(=O)n1C2)COC(=O)[C@@H]3CC. The smallest absolute Gasteiger partial charge is 0.313 e. The number of aryl methyl sites for hydroxylation is 1. The number of rotatable bonds is 25. The van der Waals surface area contributed by atoms with Gasteiger partial charge in [0.15, 0.2) is 6.61 Å². The number of nitrogens with zero attached hydrogens (tertiary/aromatic N) is 3. The van der Waals surface area contributed by atoms with Crippen LogP contribution in [0.3, 0.4) is 0 Å². The van der Waals surface area contributed by atoms with E-state index in [1.54, 1.807) is 17.6 Å². The number of carbonyl (C=O) groups excluding carboxylic acids is 2. The number of amides is 1. The van der Waals surface area contributed by atoms with Crippen LogP contribution >= 0.6 is 0 Å². The van der Waals surface area contributed by atoms with Crippen LogP contribution in [-0.4, -0.2) is 113 Å². The van der Waals surface area contributed by atoms with Crippen molar-refractivity contribution in [3.63, 3.8) is 0 Å². The molecule has 0 bridgehead atoms. The van der Waals surface area contributed by atoms with Crippen molar-refractivity contribution in [3.8, 4) is 22.9 Å². The number of pyridine rings is 2. The summed E-state index contributed by atoms with van der Waals surface area (Å²) in [6.07, 6.45) is 1.24. The number of hydrazone groups is 1. The molecule has 2 aromatic carbocycles. The van der Waals surface area contributed by atoms with Crippen molar-refractivity contribution in [1.29, 1.82) is 0 Å². The molecular formula is C44H55N5O11. The van der Waals surface area contributed by atoms with Crippen LogP contribution in [0.2, 0.25) is 0 Å². The molecule has 16 heteroatoms. The van der Waals surface area contributed by atoms with Crippen LogP contribution < -0.4 is 26.2 Å². The van der Waals surface area contributed by atoms with E-state index in [1.807, 2.05) is 49.4 Å². The van der Waals surface area contributed by atoms with Crippen molar-refractivity contribution in [2.45, 2.75) is 52.7 Å². The van der Waals surface area contributed by atoms with Gasteiger partial charge < -0.3 is 48.2 Å². The van der Waals surface area contributed by atoms with Crippen molar-refractivity contribution in [3.05, 3.63) is 86.7 Å². The molecule has 0 spiro atoms. The molecule has 0 saturated carbocycles. The Morgan fingerprint density at radius 1 is 0.850 bits per heavy atom. The third-order valence-electron chi connectivity index (χ3n) is 10.2. The van der Waals surface area contributed by atoms with Gasteiger partial charge in [0, 0.05) is 23.1 Å². The number of carbonyl (C=O) groups is 2. The maximum Gasteiger partial charge on any atom is 0.313 e. The number of ether oxygens (including phenoxy) is 8. The molecule has 0 unspecified atom stereocenters. The van der Waals surface area contributed by atoms with Gasteiger partial charge in [-0.25, -0.2) is 10.4 Å². The van der Waals surface area contributed by atoms with Crippen LogP contribution in [0.1, 0.15) is 60.9 Å². The number of hydrogen-bond acceptors (Lipinski definition) is 14. The maximum absolute atomic E-state index is 13.6. The number of cyclic esters (lactones) is 1.